The number of nitrogens with one attached hydrogen (secondary N) is 1. The third-order valence-corrected chi connectivity index (χ3v) is 5.65. The molecule has 0 aromatic heterocycles. The van der Waals surface area contributed by atoms with E-state index in [0.29, 0.717) is 29.3 Å². The van der Waals surface area contributed by atoms with E-state index in [0.717, 1.165) is 21.3 Å². The van der Waals surface area contributed by atoms with Crippen LogP contribution in [0.25, 0.3) is 5.57 Å². The molecule has 0 aliphatic carbocycles. The first-order valence-electron chi connectivity index (χ1n) is 11.7. The van der Waals surface area contributed by atoms with Gasteiger partial charge in [0.1, 0.15) is 36.0 Å². The first-order valence-corrected chi connectivity index (χ1v) is 12.5. The summed E-state index contributed by atoms with van der Waals surface area (Å²) in [5, 5.41) is 4.21. The van der Waals surface area contributed by atoms with Gasteiger partial charge in [-0.2, -0.15) is 0 Å². The van der Waals surface area contributed by atoms with Crippen LogP contribution in [0.3, 0.4) is 0 Å². The second kappa shape index (κ2) is 14.6. The lowest BCUT2D eigenvalue weighted by Crippen LogP contribution is -2.21. The number of oxime groups is 1. The average molecular weight is 581 g/mol. The van der Waals surface area contributed by atoms with Crippen molar-refractivity contribution in [2.75, 3.05) is 20.8 Å². The third kappa shape index (κ3) is 7.96. The molecule has 3 rings (SSSR count). The Bertz CT molecular complexity index is 1290. The van der Waals surface area contributed by atoms with Crippen molar-refractivity contribution in [1.29, 1.82) is 0 Å². The Morgan fingerprint density at radius 3 is 2.29 bits per heavy atom. The molecule has 0 amide bonds. The van der Waals surface area contributed by atoms with Gasteiger partial charge in [0.15, 0.2) is 0 Å². The van der Waals surface area contributed by atoms with Crippen LogP contribution in [0.15, 0.2) is 101 Å². The van der Waals surface area contributed by atoms with Crippen molar-refractivity contribution in [2.45, 2.75) is 13.5 Å². The summed E-state index contributed by atoms with van der Waals surface area (Å²) in [6.45, 7) is 6.40. The first-order chi connectivity index (χ1) is 18.5. The number of methoxy groups -OCH3 is 2. The highest BCUT2D eigenvalue weighted by Gasteiger charge is 2.17. The Morgan fingerprint density at radius 1 is 1.00 bits per heavy atom. The van der Waals surface area contributed by atoms with Crippen LogP contribution in [0.2, 0.25) is 0 Å². The summed E-state index contributed by atoms with van der Waals surface area (Å²) < 4.78 is 16.8. The molecule has 9 heteroatoms. The number of carbonyl (C=O) groups is 1. The van der Waals surface area contributed by atoms with Crippen LogP contribution in [0.4, 0.5) is 0 Å². The van der Waals surface area contributed by atoms with E-state index in [4.69, 9.17) is 23.9 Å². The molecule has 38 heavy (non-hydrogen) atoms. The number of carbonyl (C=O) groups excluding carboxylic acids is 1. The molecule has 0 atom stereocenters. The van der Waals surface area contributed by atoms with Gasteiger partial charge in [0.05, 0.1) is 26.2 Å². The standard InChI is InChI=1S/C29H29BrN2O6/c1-5-36-32-28(21-10-14-24(15-11-21)38-25-16-12-23(30)13-17-25)20(2)31-37-18-22-8-6-7-9-26(22)27(19-34-3)29(33)35-4/h6-17,19,31H,2,5,18H2,1,3-4H3. The molecule has 3 aromatic carbocycles. The van der Waals surface area contributed by atoms with Crippen LogP contribution in [0.5, 0.6) is 11.5 Å². The molecular formula is C29H29BrN2O6. The maximum absolute atomic E-state index is 12.2. The third-order valence-electron chi connectivity index (χ3n) is 5.12. The monoisotopic (exact) mass is 580 g/mol. The van der Waals surface area contributed by atoms with E-state index in [1.54, 1.807) is 6.07 Å². The molecule has 0 aliphatic heterocycles. The smallest absolute Gasteiger partial charge is 0.341 e. The van der Waals surface area contributed by atoms with Gasteiger partial charge in [-0.15, -0.1) is 0 Å². The molecule has 0 saturated heterocycles. The molecule has 0 fully saturated rings. The molecule has 3 aromatic rings. The topological polar surface area (TPSA) is 87.6 Å². The van der Waals surface area contributed by atoms with Crippen molar-refractivity contribution >= 4 is 33.2 Å². The molecular weight excluding hydrogens is 552 g/mol. The lowest BCUT2D eigenvalue weighted by molar-refractivity contribution is -0.133. The number of nitrogens with zero attached hydrogens (tertiary/aromatic N) is 1. The summed E-state index contributed by atoms with van der Waals surface area (Å²) in [6.07, 6.45) is 1.34. The lowest BCUT2D eigenvalue weighted by Gasteiger charge is -2.15. The molecule has 198 valence electrons. The molecule has 0 heterocycles. The zero-order chi connectivity index (χ0) is 27.3. The van der Waals surface area contributed by atoms with Crippen molar-refractivity contribution < 1.29 is 28.7 Å². The zero-order valence-electron chi connectivity index (χ0n) is 21.4. The molecule has 0 saturated carbocycles. The number of halogens is 1. The maximum atomic E-state index is 12.2. The molecule has 0 unspecified atom stereocenters. The van der Waals surface area contributed by atoms with Crippen molar-refractivity contribution in [3.05, 3.63) is 112 Å². The highest BCUT2D eigenvalue weighted by molar-refractivity contribution is 9.10. The molecule has 1 N–H and O–H groups in total. The number of rotatable bonds is 13. The normalized spacial score (nSPS) is 11.5. The zero-order valence-corrected chi connectivity index (χ0v) is 23.0. The Hall–Kier alpha value is -4.08. The van der Waals surface area contributed by atoms with Gasteiger partial charge in [-0.05, 0) is 66.6 Å². The van der Waals surface area contributed by atoms with Gasteiger partial charge in [-0.1, -0.05) is 51.9 Å². The number of hydroxylamine groups is 1. The summed E-state index contributed by atoms with van der Waals surface area (Å²) in [7, 11) is 2.78. The van der Waals surface area contributed by atoms with E-state index in [-0.39, 0.29) is 12.2 Å². The van der Waals surface area contributed by atoms with E-state index in [2.05, 4.69) is 33.1 Å². The maximum Gasteiger partial charge on any atom is 0.341 e. The fourth-order valence-corrected chi connectivity index (χ4v) is 3.60. The quantitative estimate of drug-likeness (QED) is 0.0825. The van der Waals surface area contributed by atoms with E-state index in [1.165, 1.54) is 20.5 Å². The second-order valence-electron chi connectivity index (χ2n) is 7.72. The highest BCUT2D eigenvalue weighted by atomic mass is 79.9. The summed E-state index contributed by atoms with van der Waals surface area (Å²) in [6, 6.07) is 22.2. The fourth-order valence-electron chi connectivity index (χ4n) is 3.34. The molecule has 0 spiro atoms. The van der Waals surface area contributed by atoms with Crippen molar-refractivity contribution in [2.24, 2.45) is 5.16 Å². The summed E-state index contributed by atoms with van der Waals surface area (Å²) in [4.78, 5) is 23.3. The lowest BCUT2D eigenvalue weighted by atomic mass is 10.0. The highest BCUT2D eigenvalue weighted by Crippen LogP contribution is 2.25. The van der Waals surface area contributed by atoms with Crippen molar-refractivity contribution in [3.63, 3.8) is 0 Å². The van der Waals surface area contributed by atoms with Crippen LogP contribution in [0, 0.1) is 0 Å². The largest absolute Gasteiger partial charge is 0.503 e. The number of ether oxygens (including phenoxy) is 3. The average Bonchev–Trinajstić information content (AvgIpc) is 2.94. The number of esters is 1. The van der Waals surface area contributed by atoms with Crippen molar-refractivity contribution in [1.82, 2.24) is 5.48 Å². The van der Waals surface area contributed by atoms with Gasteiger partial charge in [-0.3, -0.25) is 10.3 Å². The SMILES string of the molecule is C=C(NOCc1ccccc1C(=COC)C(=O)OC)C(=NOCC)c1ccc(Oc2ccc(Br)cc2)cc1. The predicted molar refractivity (Wildman–Crippen MR) is 149 cm³/mol. The molecule has 0 aliphatic rings. The van der Waals surface area contributed by atoms with E-state index in [9.17, 15) is 4.79 Å². The Morgan fingerprint density at radius 2 is 1.66 bits per heavy atom. The minimum atomic E-state index is -0.518. The van der Waals surface area contributed by atoms with Gasteiger partial charge >= 0.3 is 5.97 Å². The molecule has 0 radical (unpaired) electrons. The van der Waals surface area contributed by atoms with Gasteiger partial charge in [0, 0.05) is 10.0 Å². The Kier molecular flexibility index (Phi) is 11.0. The summed E-state index contributed by atoms with van der Waals surface area (Å²) >= 11 is 3.42. The fraction of sp³-hybridized carbons (Fsp3) is 0.172. The molecule has 0 bridgehead atoms. The number of benzene rings is 3. The van der Waals surface area contributed by atoms with Gasteiger partial charge < -0.3 is 19.0 Å². The van der Waals surface area contributed by atoms with Crippen LogP contribution in [0.1, 0.15) is 23.6 Å². The van der Waals surface area contributed by atoms with Crippen LogP contribution in [-0.2, 0) is 30.6 Å². The Balaban J connectivity index is 1.70. The van der Waals surface area contributed by atoms with Gasteiger partial charge in [0.2, 0.25) is 0 Å². The van der Waals surface area contributed by atoms with Gasteiger partial charge in [-0.25, -0.2) is 4.79 Å². The van der Waals surface area contributed by atoms with Crippen LogP contribution < -0.4 is 10.2 Å². The van der Waals surface area contributed by atoms with Crippen molar-refractivity contribution in [3.8, 4) is 11.5 Å². The molecule has 8 nitrogen and oxygen atoms in total. The van der Waals surface area contributed by atoms with E-state index in [1.807, 2.05) is 73.7 Å². The van der Waals surface area contributed by atoms with Crippen LogP contribution >= 0.6 is 15.9 Å². The van der Waals surface area contributed by atoms with Gasteiger partial charge in [0.25, 0.3) is 0 Å². The predicted octanol–water partition coefficient (Wildman–Crippen LogP) is 6.38. The summed E-state index contributed by atoms with van der Waals surface area (Å²) in [5.41, 5.74) is 6.06. The Labute approximate surface area is 230 Å². The summed E-state index contributed by atoms with van der Waals surface area (Å²) in [5.74, 6) is 0.874. The minimum absolute atomic E-state index is 0.120. The number of allylic oxidation sites excluding steroid dienone is 1. The van der Waals surface area contributed by atoms with Crippen LogP contribution in [-0.4, -0.2) is 32.5 Å². The van der Waals surface area contributed by atoms with E-state index >= 15 is 0 Å². The first kappa shape index (κ1) is 28.5. The number of hydrogen-bond acceptors (Lipinski definition) is 8. The minimum Gasteiger partial charge on any atom is -0.503 e. The van der Waals surface area contributed by atoms with E-state index < -0.39 is 5.97 Å². The number of hydrogen-bond donors (Lipinski definition) is 1. The second-order valence-corrected chi connectivity index (χ2v) is 8.64.